The molecule has 1 unspecified atom stereocenters. The summed E-state index contributed by atoms with van der Waals surface area (Å²) in [6.45, 7) is 5.89. The number of hydrogen-bond donors (Lipinski definition) is 2. The Bertz CT molecular complexity index is 1090. The lowest BCUT2D eigenvalue weighted by Gasteiger charge is -2.35. The van der Waals surface area contributed by atoms with E-state index in [2.05, 4.69) is 47.4 Å². The van der Waals surface area contributed by atoms with E-state index in [4.69, 9.17) is 4.74 Å². The fourth-order valence-corrected chi connectivity index (χ4v) is 5.62. The number of phenolic OH excluding ortho intramolecular Hbond substituents is 1. The molecule has 1 heterocycles. The van der Waals surface area contributed by atoms with Crippen LogP contribution in [0.2, 0.25) is 0 Å². The van der Waals surface area contributed by atoms with Crippen LogP contribution in [0.3, 0.4) is 0 Å². The second-order valence-electron chi connectivity index (χ2n) is 10.1. The highest BCUT2D eigenvalue weighted by Gasteiger charge is 2.33. The highest BCUT2D eigenvalue weighted by Crippen LogP contribution is 2.46. The number of phenols is 1. The molecule has 2 N–H and O–H groups in total. The molecule has 1 fully saturated rings. The van der Waals surface area contributed by atoms with E-state index >= 15 is 0 Å². The molecule has 0 aromatic heterocycles. The zero-order valence-corrected chi connectivity index (χ0v) is 20.0. The molecule has 0 saturated carbocycles. The highest BCUT2D eigenvalue weighted by molar-refractivity contribution is 5.49. The van der Waals surface area contributed by atoms with Crippen molar-refractivity contribution in [3.05, 3.63) is 95.1 Å². The van der Waals surface area contributed by atoms with Gasteiger partial charge in [0.15, 0.2) is 0 Å². The summed E-state index contributed by atoms with van der Waals surface area (Å²) in [5.41, 5.74) is 4.03. The maximum atomic E-state index is 10.5. The lowest BCUT2D eigenvalue weighted by molar-refractivity contribution is 0.164. The average Bonchev–Trinajstić information content (AvgIpc) is 3.28. The van der Waals surface area contributed by atoms with Gasteiger partial charge in [-0.2, -0.15) is 0 Å². The van der Waals surface area contributed by atoms with Crippen molar-refractivity contribution < 1.29 is 14.9 Å². The van der Waals surface area contributed by atoms with Gasteiger partial charge in [0.1, 0.15) is 18.1 Å². The van der Waals surface area contributed by atoms with Gasteiger partial charge in [0.05, 0.1) is 5.60 Å². The topological polar surface area (TPSA) is 52.9 Å². The molecule has 2 aromatic carbocycles. The van der Waals surface area contributed by atoms with Gasteiger partial charge in [-0.05, 0) is 110 Å². The van der Waals surface area contributed by atoms with Gasteiger partial charge in [0.25, 0.3) is 0 Å². The number of nitrogens with zero attached hydrogens (tertiary/aromatic N) is 1. The number of fused-ring (bicyclic) bond motifs is 1. The van der Waals surface area contributed by atoms with E-state index in [1.165, 1.54) is 48.2 Å². The monoisotopic (exact) mass is 457 g/mol. The number of hydrogen-bond acceptors (Lipinski definition) is 4. The summed E-state index contributed by atoms with van der Waals surface area (Å²) in [6.07, 6.45) is 14.4. The van der Waals surface area contributed by atoms with Crippen LogP contribution in [0.1, 0.15) is 48.8 Å². The Morgan fingerprint density at radius 2 is 1.85 bits per heavy atom. The molecule has 4 nitrogen and oxygen atoms in total. The third-order valence-corrected chi connectivity index (χ3v) is 7.47. The van der Waals surface area contributed by atoms with Crippen LogP contribution < -0.4 is 4.74 Å². The molecule has 34 heavy (non-hydrogen) atoms. The number of allylic oxidation sites excluding steroid dienone is 4. The number of aryl methyl sites for hydroxylation is 1. The molecule has 0 spiro atoms. The average molecular weight is 458 g/mol. The van der Waals surface area contributed by atoms with Crippen LogP contribution in [0.5, 0.6) is 11.5 Å². The minimum Gasteiger partial charge on any atom is -0.508 e. The van der Waals surface area contributed by atoms with E-state index in [1.54, 1.807) is 13.0 Å². The van der Waals surface area contributed by atoms with Gasteiger partial charge in [-0.25, -0.2) is 0 Å². The van der Waals surface area contributed by atoms with Crippen LogP contribution >= 0.6 is 0 Å². The van der Waals surface area contributed by atoms with Crippen molar-refractivity contribution in [2.75, 3.05) is 26.2 Å². The van der Waals surface area contributed by atoms with Gasteiger partial charge < -0.3 is 14.9 Å². The lowest BCUT2D eigenvalue weighted by Crippen LogP contribution is -2.25. The summed E-state index contributed by atoms with van der Waals surface area (Å²) in [4.78, 5) is 2.47. The van der Waals surface area contributed by atoms with Crippen LogP contribution in [-0.2, 0) is 6.42 Å². The number of benzene rings is 2. The van der Waals surface area contributed by atoms with E-state index in [0.29, 0.717) is 5.75 Å². The molecule has 0 amide bonds. The van der Waals surface area contributed by atoms with Crippen LogP contribution in [-0.4, -0.2) is 47.0 Å². The van der Waals surface area contributed by atoms with E-state index in [1.807, 2.05) is 24.3 Å². The molecule has 0 bridgehead atoms. The normalized spacial score (nSPS) is 26.7. The Labute approximate surface area is 202 Å². The minimum absolute atomic E-state index is 0.176. The summed E-state index contributed by atoms with van der Waals surface area (Å²) < 4.78 is 6.04. The largest absolute Gasteiger partial charge is 0.508 e. The molecule has 4 heteroatoms. The van der Waals surface area contributed by atoms with Gasteiger partial charge in [0.2, 0.25) is 0 Å². The van der Waals surface area contributed by atoms with Crippen molar-refractivity contribution in [2.45, 2.75) is 44.1 Å². The Balaban J connectivity index is 1.40. The zero-order valence-electron chi connectivity index (χ0n) is 20.0. The summed E-state index contributed by atoms with van der Waals surface area (Å²) in [7, 11) is 0. The first-order valence-electron chi connectivity index (χ1n) is 12.6. The van der Waals surface area contributed by atoms with Gasteiger partial charge in [-0.3, -0.25) is 4.90 Å². The van der Waals surface area contributed by atoms with Crippen molar-refractivity contribution in [3.63, 3.8) is 0 Å². The van der Waals surface area contributed by atoms with E-state index in [-0.39, 0.29) is 11.8 Å². The molecule has 2 aromatic rings. The first-order valence-corrected chi connectivity index (χ1v) is 12.6. The van der Waals surface area contributed by atoms with Crippen molar-refractivity contribution in [1.82, 2.24) is 4.90 Å². The van der Waals surface area contributed by atoms with E-state index in [9.17, 15) is 10.2 Å². The number of rotatable bonds is 6. The van der Waals surface area contributed by atoms with Gasteiger partial charge in [-0.15, -0.1) is 0 Å². The highest BCUT2D eigenvalue weighted by atomic mass is 16.5. The Morgan fingerprint density at radius 3 is 2.65 bits per heavy atom. The number of ether oxygens (including phenoxy) is 1. The summed E-state index contributed by atoms with van der Waals surface area (Å²) in [6, 6.07) is 14.4. The van der Waals surface area contributed by atoms with Crippen LogP contribution in [0.25, 0.3) is 0 Å². The molecule has 1 saturated heterocycles. The quantitative estimate of drug-likeness (QED) is 0.613. The summed E-state index contributed by atoms with van der Waals surface area (Å²) in [5, 5.41) is 20.5. The fourth-order valence-electron chi connectivity index (χ4n) is 5.62. The van der Waals surface area contributed by atoms with Gasteiger partial charge in [0, 0.05) is 12.5 Å². The smallest absolute Gasteiger partial charge is 0.119 e. The van der Waals surface area contributed by atoms with Crippen molar-refractivity contribution in [3.8, 4) is 11.5 Å². The maximum absolute atomic E-state index is 10.5. The first-order chi connectivity index (χ1) is 16.5. The SMILES string of the molecule is CC1(O)C=CC=C([C@H]2CCc3cc(O)ccc3[C@H]2c2ccc(OCCN3CCCC3)cc2)C=C1. The second kappa shape index (κ2) is 9.81. The summed E-state index contributed by atoms with van der Waals surface area (Å²) >= 11 is 0. The standard InChI is InChI=1S/C30H35NO3/c1-30(33)15-4-5-22(14-16-30)27-12-8-24-21-25(32)9-13-28(24)29(27)23-6-10-26(11-7-23)34-20-19-31-17-2-3-18-31/h4-7,9-11,13-16,21,27,29,32-33H,2-3,8,12,17-20H2,1H3/t27-,29+,30?/m1/s1. The molecule has 1 aliphatic heterocycles. The Morgan fingerprint density at radius 1 is 1.06 bits per heavy atom. The lowest BCUT2D eigenvalue weighted by atomic mass is 9.69. The van der Waals surface area contributed by atoms with Crippen LogP contribution in [0.15, 0.2) is 78.4 Å². The van der Waals surface area contributed by atoms with E-state index in [0.717, 1.165) is 31.7 Å². The molecule has 0 radical (unpaired) electrons. The second-order valence-corrected chi connectivity index (χ2v) is 10.1. The number of aliphatic hydroxyl groups is 1. The predicted molar refractivity (Wildman–Crippen MR) is 136 cm³/mol. The van der Waals surface area contributed by atoms with Crippen molar-refractivity contribution in [2.24, 2.45) is 5.92 Å². The predicted octanol–water partition coefficient (Wildman–Crippen LogP) is 5.36. The van der Waals surface area contributed by atoms with E-state index < -0.39 is 5.60 Å². The number of likely N-dealkylation sites (tertiary alicyclic amines) is 1. The molecule has 3 atom stereocenters. The molecule has 5 rings (SSSR count). The Hall–Kier alpha value is -2.82. The molecule has 178 valence electrons. The Kier molecular flexibility index (Phi) is 6.62. The molecule has 3 aliphatic rings. The third-order valence-electron chi connectivity index (χ3n) is 7.47. The van der Waals surface area contributed by atoms with Crippen molar-refractivity contribution >= 4 is 0 Å². The molecular formula is C30H35NO3. The first kappa shape index (κ1) is 22.9. The van der Waals surface area contributed by atoms with Gasteiger partial charge >= 0.3 is 0 Å². The fraction of sp³-hybridized carbons (Fsp3) is 0.400. The van der Waals surface area contributed by atoms with Crippen LogP contribution in [0, 0.1) is 5.92 Å². The number of aromatic hydroxyl groups is 1. The summed E-state index contributed by atoms with van der Waals surface area (Å²) in [5.74, 6) is 1.70. The zero-order chi connectivity index (χ0) is 23.5. The third kappa shape index (κ3) is 5.13. The van der Waals surface area contributed by atoms with Crippen molar-refractivity contribution in [1.29, 1.82) is 0 Å². The maximum Gasteiger partial charge on any atom is 0.119 e. The van der Waals surface area contributed by atoms with Crippen LogP contribution in [0.4, 0.5) is 0 Å². The molecular weight excluding hydrogens is 422 g/mol. The van der Waals surface area contributed by atoms with Gasteiger partial charge in [-0.1, -0.05) is 36.4 Å². The minimum atomic E-state index is -0.930. The molecule has 2 aliphatic carbocycles.